The van der Waals surface area contributed by atoms with Crippen LogP contribution in [-0.2, 0) is 4.79 Å². The van der Waals surface area contributed by atoms with Crippen LogP contribution in [-0.4, -0.2) is 41.5 Å². The predicted octanol–water partition coefficient (Wildman–Crippen LogP) is 1.05. The predicted molar refractivity (Wildman–Crippen MR) is 40.3 cm³/mol. The lowest BCUT2D eigenvalue weighted by molar-refractivity contribution is -0.167. The van der Waals surface area contributed by atoms with E-state index in [0.717, 1.165) is 0 Å². The summed E-state index contributed by atoms with van der Waals surface area (Å²) in [7, 11) is 1.46. The minimum atomic E-state index is -3.65. The monoisotopic (exact) mass is 181 g/mol. The number of carboxylic acids is 1. The summed E-state index contributed by atoms with van der Waals surface area (Å²) in [6.07, 6.45) is 0. The van der Waals surface area contributed by atoms with Gasteiger partial charge in [-0.25, -0.2) is 4.79 Å². The molecule has 0 aromatic heterocycles. The fourth-order valence-electron chi connectivity index (χ4n) is 0.563. The minimum Gasteiger partial charge on any atom is -0.477 e. The largest absolute Gasteiger partial charge is 0.477 e. The van der Waals surface area contributed by atoms with Crippen molar-refractivity contribution in [3.8, 4) is 0 Å². The molecule has 5 heteroatoms. The van der Waals surface area contributed by atoms with Crippen molar-refractivity contribution in [2.75, 3.05) is 13.6 Å². The Bertz CT molecular complexity index is 171. The highest BCUT2D eigenvalue weighted by molar-refractivity contribution is 5.75. The molecule has 0 amide bonds. The van der Waals surface area contributed by atoms with E-state index in [1.54, 1.807) is 13.8 Å². The molecule has 0 aliphatic carbocycles. The van der Waals surface area contributed by atoms with Crippen molar-refractivity contribution < 1.29 is 18.7 Å². The van der Waals surface area contributed by atoms with Gasteiger partial charge in [0.05, 0.1) is 6.54 Å². The van der Waals surface area contributed by atoms with Gasteiger partial charge in [0, 0.05) is 6.04 Å². The summed E-state index contributed by atoms with van der Waals surface area (Å²) in [6.45, 7) is 2.69. The Morgan fingerprint density at radius 2 is 2.00 bits per heavy atom. The zero-order valence-corrected chi connectivity index (χ0v) is 7.34. The number of halogens is 2. The molecule has 0 radical (unpaired) electrons. The average molecular weight is 181 g/mol. The van der Waals surface area contributed by atoms with Crippen molar-refractivity contribution in [1.29, 1.82) is 0 Å². The second-order valence-corrected chi connectivity index (χ2v) is 3.02. The topological polar surface area (TPSA) is 40.5 Å². The van der Waals surface area contributed by atoms with E-state index in [0.29, 0.717) is 0 Å². The number of nitrogens with zero attached hydrogens (tertiary/aromatic N) is 1. The Morgan fingerprint density at radius 3 is 2.25 bits per heavy atom. The Labute approximate surface area is 70.0 Å². The van der Waals surface area contributed by atoms with Crippen LogP contribution in [0.15, 0.2) is 0 Å². The molecule has 0 aromatic carbocycles. The quantitative estimate of drug-likeness (QED) is 0.704. The molecule has 0 heterocycles. The average Bonchev–Trinajstić information content (AvgIpc) is 1.85. The highest BCUT2D eigenvalue weighted by atomic mass is 19.3. The number of rotatable bonds is 4. The summed E-state index contributed by atoms with van der Waals surface area (Å²) >= 11 is 0. The smallest absolute Gasteiger partial charge is 0.375 e. The van der Waals surface area contributed by atoms with E-state index in [9.17, 15) is 13.6 Å². The molecular formula is C7H13F2NO2. The Morgan fingerprint density at radius 1 is 1.58 bits per heavy atom. The third-order valence-electron chi connectivity index (χ3n) is 1.64. The van der Waals surface area contributed by atoms with Crippen LogP contribution in [0.2, 0.25) is 0 Å². The van der Waals surface area contributed by atoms with Crippen molar-refractivity contribution in [2.45, 2.75) is 25.8 Å². The third kappa shape index (κ3) is 3.13. The maximum absolute atomic E-state index is 12.5. The first kappa shape index (κ1) is 11.3. The van der Waals surface area contributed by atoms with Gasteiger partial charge in [0.2, 0.25) is 0 Å². The Balaban J connectivity index is 4.15. The molecule has 0 saturated heterocycles. The standard InChI is InChI=1S/C7H13F2NO2/c1-5(2)10(3)4-7(8,9)6(11)12/h5H,4H2,1-3H3,(H,11,12). The highest BCUT2D eigenvalue weighted by Gasteiger charge is 2.40. The van der Waals surface area contributed by atoms with Gasteiger partial charge in [-0.15, -0.1) is 0 Å². The van der Waals surface area contributed by atoms with Crippen LogP contribution in [0.4, 0.5) is 8.78 Å². The molecule has 0 aliphatic rings. The van der Waals surface area contributed by atoms with E-state index in [1.165, 1.54) is 11.9 Å². The zero-order chi connectivity index (χ0) is 9.94. The number of carbonyl (C=O) groups is 1. The van der Waals surface area contributed by atoms with E-state index < -0.39 is 18.4 Å². The highest BCUT2D eigenvalue weighted by Crippen LogP contribution is 2.15. The van der Waals surface area contributed by atoms with Crippen molar-refractivity contribution in [2.24, 2.45) is 0 Å². The van der Waals surface area contributed by atoms with Gasteiger partial charge < -0.3 is 5.11 Å². The van der Waals surface area contributed by atoms with Crippen LogP contribution in [0, 0.1) is 0 Å². The summed E-state index contributed by atoms with van der Waals surface area (Å²) in [4.78, 5) is 11.3. The van der Waals surface area contributed by atoms with Crippen LogP contribution in [0.3, 0.4) is 0 Å². The SMILES string of the molecule is CC(C)N(C)CC(F)(F)C(=O)O. The van der Waals surface area contributed by atoms with Crippen LogP contribution in [0.5, 0.6) is 0 Å². The van der Waals surface area contributed by atoms with Gasteiger partial charge in [0.25, 0.3) is 0 Å². The number of alkyl halides is 2. The molecule has 1 N–H and O–H groups in total. The lowest BCUT2D eigenvalue weighted by atomic mass is 10.2. The lowest BCUT2D eigenvalue weighted by Crippen LogP contribution is -2.43. The van der Waals surface area contributed by atoms with E-state index in [1.807, 2.05) is 0 Å². The first-order chi connectivity index (χ1) is 5.27. The molecule has 0 saturated carbocycles. The maximum Gasteiger partial charge on any atom is 0.375 e. The fraction of sp³-hybridized carbons (Fsp3) is 0.857. The first-order valence-electron chi connectivity index (χ1n) is 3.59. The van der Waals surface area contributed by atoms with Gasteiger partial charge in [0.1, 0.15) is 0 Å². The van der Waals surface area contributed by atoms with Gasteiger partial charge in [-0.05, 0) is 20.9 Å². The molecule has 0 rings (SSSR count). The molecule has 12 heavy (non-hydrogen) atoms. The van der Waals surface area contributed by atoms with Gasteiger partial charge >= 0.3 is 11.9 Å². The molecule has 0 aromatic rings. The van der Waals surface area contributed by atoms with Crippen LogP contribution >= 0.6 is 0 Å². The number of hydrogen-bond acceptors (Lipinski definition) is 2. The Kier molecular flexibility index (Phi) is 3.57. The summed E-state index contributed by atoms with van der Waals surface area (Å²) in [5, 5.41) is 8.10. The molecule has 0 unspecified atom stereocenters. The summed E-state index contributed by atoms with van der Waals surface area (Å²) in [5.74, 6) is -5.73. The number of carboxylic acid groups (broad SMARTS) is 1. The summed E-state index contributed by atoms with van der Waals surface area (Å²) < 4.78 is 25.0. The van der Waals surface area contributed by atoms with Crippen LogP contribution in [0.1, 0.15) is 13.8 Å². The van der Waals surface area contributed by atoms with Gasteiger partial charge in [-0.2, -0.15) is 8.78 Å². The van der Waals surface area contributed by atoms with Crippen molar-refractivity contribution in [3.05, 3.63) is 0 Å². The molecule has 72 valence electrons. The van der Waals surface area contributed by atoms with E-state index >= 15 is 0 Å². The molecule has 3 nitrogen and oxygen atoms in total. The van der Waals surface area contributed by atoms with Crippen LogP contribution in [0.25, 0.3) is 0 Å². The molecule has 0 fully saturated rings. The van der Waals surface area contributed by atoms with E-state index in [4.69, 9.17) is 5.11 Å². The second-order valence-electron chi connectivity index (χ2n) is 3.02. The lowest BCUT2D eigenvalue weighted by Gasteiger charge is -2.24. The molecule has 0 atom stereocenters. The van der Waals surface area contributed by atoms with Gasteiger partial charge in [-0.1, -0.05) is 0 Å². The van der Waals surface area contributed by atoms with Gasteiger partial charge in [-0.3, -0.25) is 4.90 Å². The number of aliphatic carboxylic acids is 1. The zero-order valence-electron chi connectivity index (χ0n) is 7.34. The van der Waals surface area contributed by atoms with Crippen molar-refractivity contribution in [1.82, 2.24) is 4.90 Å². The van der Waals surface area contributed by atoms with Gasteiger partial charge in [0.15, 0.2) is 0 Å². The molecule has 0 spiro atoms. The van der Waals surface area contributed by atoms with Crippen molar-refractivity contribution in [3.63, 3.8) is 0 Å². The van der Waals surface area contributed by atoms with Crippen molar-refractivity contribution >= 4 is 5.97 Å². The molecule has 0 bridgehead atoms. The summed E-state index contributed by atoms with van der Waals surface area (Å²) in [5.41, 5.74) is 0. The van der Waals surface area contributed by atoms with E-state index in [-0.39, 0.29) is 6.04 Å². The maximum atomic E-state index is 12.5. The molecule has 0 aliphatic heterocycles. The van der Waals surface area contributed by atoms with Crippen LogP contribution < -0.4 is 0 Å². The van der Waals surface area contributed by atoms with E-state index in [2.05, 4.69) is 0 Å². The first-order valence-corrected chi connectivity index (χ1v) is 3.59. The summed E-state index contributed by atoms with van der Waals surface area (Å²) in [6, 6.07) is -0.0878. The number of hydrogen-bond donors (Lipinski definition) is 1. The normalized spacial score (nSPS) is 12.6. The Hall–Kier alpha value is -0.710. The minimum absolute atomic E-state index is 0.0878. The molecular weight excluding hydrogens is 168 g/mol. The second kappa shape index (κ2) is 3.80. The fourth-order valence-corrected chi connectivity index (χ4v) is 0.563. The third-order valence-corrected chi connectivity index (χ3v) is 1.64.